The van der Waals surface area contributed by atoms with Gasteiger partial charge in [0.05, 0.1) is 5.56 Å². The monoisotopic (exact) mass is 352 g/mol. The molecule has 5 heteroatoms. The van der Waals surface area contributed by atoms with Gasteiger partial charge in [0.1, 0.15) is 5.75 Å². The zero-order valence-corrected chi connectivity index (χ0v) is 17.8. The van der Waals surface area contributed by atoms with Crippen LogP contribution in [-0.2, 0) is 9.47 Å². The van der Waals surface area contributed by atoms with Gasteiger partial charge in [0.15, 0.2) is 6.79 Å². The second-order valence-electron chi connectivity index (χ2n) is 7.90. The first kappa shape index (κ1) is 20.7. The van der Waals surface area contributed by atoms with E-state index in [-0.39, 0.29) is 17.8 Å². The SMILES string of the molecule is COCOC(=O)c1c(C)c(C)c(O[Si](C)(C)C(C)(C)C)c(C)c1C. The molecular formula is C19H32O4Si. The molecule has 0 unspecified atom stereocenters. The van der Waals surface area contributed by atoms with Crippen LogP contribution in [0.25, 0.3) is 0 Å². The summed E-state index contributed by atoms with van der Waals surface area (Å²) in [4.78, 5) is 12.4. The minimum atomic E-state index is -1.96. The Morgan fingerprint density at radius 2 is 1.42 bits per heavy atom. The molecule has 136 valence electrons. The molecule has 4 nitrogen and oxygen atoms in total. The zero-order valence-electron chi connectivity index (χ0n) is 16.8. The summed E-state index contributed by atoms with van der Waals surface area (Å²) in [5, 5.41) is 0.115. The number of hydrogen-bond donors (Lipinski definition) is 0. The number of rotatable bonds is 5. The standard InChI is InChI=1S/C19H32O4Si/c1-12-14(3)17(23-24(9,10)19(5,6)7)15(4)13(2)16(12)18(20)22-11-21-8/h11H2,1-10H3. The number of methoxy groups -OCH3 is 1. The van der Waals surface area contributed by atoms with Crippen LogP contribution in [0.3, 0.4) is 0 Å². The molecular weight excluding hydrogens is 320 g/mol. The van der Waals surface area contributed by atoms with E-state index >= 15 is 0 Å². The van der Waals surface area contributed by atoms with Crippen molar-refractivity contribution in [2.75, 3.05) is 13.9 Å². The Kier molecular flexibility index (Phi) is 6.28. The van der Waals surface area contributed by atoms with Gasteiger partial charge in [-0.05, 0) is 68.1 Å². The first-order valence-corrected chi connectivity index (χ1v) is 11.2. The third-order valence-electron chi connectivity index (χ3n) is 5.23. The lowest BCUT2D eigenvalue weighted by atomic mass is 9.93. The summed E-state index contributed by atoms with van der Waals surface area (Å²) in [6.45, 7) is 19.0. The maximum atomic E-state index is 12.4. The molecule has 1 aromatic rings. The second-order valence-corrected chi connectivity index (χ2v) is 12.6. The zero-order chi connectivity index (χ0) is 18.9. The lowest BCUT2D eigenvalue weighted by Gasteiger charge is -2.38. The Labute approximate surface area is 147 Å². The van der Waals surface area contributed by atoms with E-state index in [1.54, 1.807) is 0 Å². The van der Waals surface area contributed by atoms with Crippen molar-refractivity contribution in [3.05, 3.63) is 27.8 Å². The van der Waals surface area contributed by atoms with Gasteiger partial charge in [-0.1, -0.05) is 20.8 Å². The fraction of sp³-hybridized carbons (Fsp3) is 0.632. The molecule has 0 radical (unpaired) electrons. The van der Waals surface area contributed by atoms with Crippen molar-refractivity contribution in [2.24, 2.45) is 0 Å². The highest BCUT2D eigenvalue weighted by Crippen LogP contribution is 2.41. The maximum Gasteiger partial charge on any atom is 0.340 e. The first-order valence-electron chi connectivity index (χ1n) is 8.30. The Hall–Kier alpha value is -1.33. The van der Waals surface area contributed by atoms with E-state index in [4.69, 9.17) is 13.9 Å². The Morgan fingerprint density at radius 1 is 0.958 bits per heavy atom. The highest BCUT2D eigenvalue weighted by atomic mass is 28.4. The van der Waals surface area contributed by atoms with Gasteiger partial charge >= 0.3 is 5.97 Å². The van der Waals surface area contributed by atoms with Crippen molar-refractivity contribution in [3.63, 3.8) is 0 Å². The van der Waals surface area contributed by atoms with Crippen LogP contribution in [0.15, 0.2) is 0 Å². The van der Waals surface area contributed by atoms with E-state index in [1.165, 1.54) is 7.11 Å². The molecule has 0 fully saturated rings. The van der Waals surface area contributed by atoms with Crippen molar-refractivity contribution in [1.82, 2.24) is 0 Å². The third kappa shape index (κ3) is 4.01. The van der Waals surface area contributed by atoms with Crippen LogP contribution in [-0.4, -0.2) is 28.2 Å². The quantitative estimate of drug-likeness (QED) is 0.422. The van der Waals surface area contributed by atoms with Crippen LogP contribution < -0.4 is 4.43 Å². The number of esters is 1. The van der Waals surface area contributed by atoms with Crippen molar-refractivity contribution in [3.8, 4) is 5.75 Å². The van der Waals surface area contributed by atoms with E-state index in [9.17, 15) is 4.79 Å². The molecule has 24 heavy (non-hydrogen) atoms. The number of ether oxygens (including phenoxy) is 2. The minimum absolute atomic E-state index is 0.0436. The van der Waals surface area contributed by atoms with Crippen molar-refractivity contribution < 1.29 is 18.7 Å². The highest BCUT2D eigenvalue weighted by Gasteiger charge is 2.40. The minimum Gasteiger partial charge on any atom is -0.543 e. The molecule has 0 heterocycles. The van der Waals surface area contributed by atoms with Gasteiger partial charge in [-0.3, -0.25) is 0 Å². The Morgan fingerprint density at radius 3 is 1.79 bits per heavy atom. The lowest BCUT2D eigenvalue weighted by Crippen LogP contribution is -2.44. The topological polar surface area (TPSA) is 44.8 Å². The van der Waals surface area contributed by atoms with Gasteiger partial charge in [-0.2, -0.15) is 0 Å². The molecule has 1 rings (SSSR count). The molecule has 0 spiro atoms. The molecule has 0 saturated heterocycles. The smallest absolute Gasteiger partial charge is 0.340 e. The third-order valence-corrected chi connectivity index (χ3v) is 9.56. The molecule has 1 aromatic carbocycles. The molecule has 0 aromatic heterocycles. The number of carbonyl (C=O) groups is 1. The molecule has 0 N–H and O–H groups in total. The summed E-state index contributed by atoms with van der Waals surface area (Å²) in [5.74, 6) is 0.566. The van der Waals surface area contributed by atoms with E-state index in [1.807, 2.05) is 27.7 Å². The Balaban J connectivity index is 3.41. The summed E-state index contributed by atoms with van der Waals surface area (Å²) in [5.41, 5.74) is 4.45. The average Bonchev–Trinajstić information content (AvgIpc) is 2.46. The predicted octanol–water partition coefficient (Wildman–Crippen LogP) is 5.06. The summed E-state index contributed by atoms with van der Waals surface area (Å²) in [6.07, 6.45) is 0. The fourth-order valence-corrected chi connectivity index (χ4v) is 3.45. The van der Waals surface area contributed by atoms with Crippen LogP contribution in [0.2, 0.25) is 18.1 Å². The van der Waals surface area contributed by atoms with Crippen molar-refractivity contribution >= 4 is 14.3 Å². The average molecular weight is 353 g/mol. The van der Waals surface area contributed by atoms with E-state index in [0.29, 0.717) is 5.56 Å². The van der Waals surface area contributed by atoms with Gasteiger partial charge in [-0.15, -0.1) is 0 Å². The summed E-state index contributed by atoms with van der Waals surface area (Å²) >= 11 is 0. The molecule has 0 bridgehead atoms. The second kappa shape index (κ2) is 7.27. The molecule has 0 aliphatic carbocycles. The predicted molar refractivity (Wildman–Crippen MR) is 101 cm³/mol. The van der Waals surface area contributed by atoms with Crippen LogP contribution in [0, 0.1) is 27.7 Å². The normalized spacial score (nSPS) is 12.2. The van der Waals surface area contributed by atoms with Crippen molar-refractivity contribution in [1.29, 1.82) is 0 Å². The van der Waals surface area contributed by atoms with Crippen LogP contribution in [0.5, 0.6) is 5.75 Å². The van der Waals surface area contributed by atoms with Gasteiger partial charge in [0, 0.05) is 7.11 Å². The fourth-order valence-electron chi connectivity index (χ4n) is 2.33. The lowest BCUT2D eigenvalue weighted by molar-refractivity contribution is -0.0126. The number of benzene rings is 1. The summed E-state index contributed by atoms with van der Waals surface area (Å²) in [7, 11) is -0.456. The molecule has 0 amide bonds. The molecule has 0 saturated carbocycles. The van der Waals surface area contributed by atoms with Gasteiger partial charge in [-0.25, -0.2) is 4.79 Å². The van der Waals surface area contributed by atoms with E-state index in [2.05, 4.69) is 33.9 Å². The van der Waals surface area contributed by atoms with Crippen molar-refractivity contribution in [2.45, 2.75) is 66.6 Å². The van der Waals surface area contributed by atoms with E-state index in [0.717, 1.165) is 28.0 Å². The molecule has 0 aliphatic rings. The first-order chi connectivity index (χ1) is 10.8. The van der Waals surface area contributed by atoms with Gasteiger partial charge in [0.2, 0.25) is 0 Å². The van der Waals surface area contributed by atoms with E-state index < -0.39 is 8.32 Å². The number of carbonyl (C=O) groups excluding carboxylic acids is 1. The molecule has 0 atom stereocenters. The number of hydrogen-bond acceptors (Lipinski definition) is 4. The van der Waals surface area contributed by atoms with Gasteiger partial charge in [0.25, 0.3) is 8.32 Å². The largest absolute Gasteiger partial charge is 0.543 e. The Bertz CT molecular complexity index is 598. The molecule has 0 aliphatic heterocycles. The van der Waals surface area contributed by atoms with Gasteiger partial charge < -0.3 is 13.9 Å². The highest BCUT2D eigenvalue weighted by molar-refractivity contribution is 6.74. The van der Waals surface area contributed by atoms with Crippen LogP contribution in [0.1, 0.15) is 53.4 Å². The van der Waals surface area contributed by atoms with Crippen LogP contribution in [0.4, 0.5) is 0 Å². The van der Waals surface area contributed by atoms with Crippen LogP contribution >= 0.6 is 0 Å². The summed E-state index contributed by atoms with van der Waals surface area (Å²) < 4.78 is 16.6. The summed E-state index contributed by atoms with van der Waals surface area (Å²) in [6, 6.07) is 0. The maximum absolute atomic E-state index is 12.4.